The molecule has 3 rings (SSSR count). The highest BCUT2D eigenvalue weighted by atomic mass is 16.5. The van der Waals surface area contributed by atoms with Gasteiger partial charge < -0.3 is 20.1 Å². The number of aliphatic carboxylic acids is 1. The van der Waals surface area contributed by atoms with Crippen molar-refractivity contribution in [2.75, 3.05) is 6.54 Å². The fourth-order valence-corrected chi connectivity index (χ4v) is 3.78. The van der Waals surface area contributed by atoms with Crippen molar-refractivity contribution in [3.8, 4) is 0 Å². The van der Waals surface area contributed by atoms with Gasteiger partial charge in [-0.2, -0.15) is 0 Å². The molecular formula is C26H28N2O6. The van der Waals surface area contributed by atoms with Crippen molar-refractivity contribution < 1.29 is 29.0 Å². The van der Waals surface area contributed by atoms with E-state index in [1.807, 2.05) is 36.4 Å². The number of esters is 1. The third kappa shape index (κ3) is 6.78. The minimum Gasteiger partial charge on any atom is -0.480 e. The Morgan fingerprint density at radius 2 is 1.74 bits per heavy atom. The molecule has 0 aromatic heterocycles. The molecule has 2 N–H and O–H groups in total. The van der Waals surface area contributed by atoms with Crippen molar-refractivity contribution in [2.45, 2.75) is 44.9 Å². The van der Waals surface area contributed by atoms with Crippen molar-refractivity contribution in [2.24, 2.45) is 0 Å². The molecule has 8 nitrogen and oxygen atoms in total. The molecule has 1 saturated heterocycles. The number of ether oxygens (including phenoxy) is 1. The van der Waals surface area contributed by atoms with Gasteiger partial charge in [0.2, 0.25) is 11.8 Å². The van der Waals surface area contributed by atoms with Crippen molar-refractivity contribution in [3.63, 3.8) is 0 Å². The molecule has 1 aliphatic rings. The van der Waals surface area contributed by atoms with Crippen LogP contribution in [0.3, 0.4) is 0 Å². The molecule has 2 atom stereocenters. The average Bonchev–Trinajstić information content (AvgIpc) is 3.33. The van der Waals surface area contributed by atoms with Gasteiger partial charge in [-0.25, -0.2) is 4.79 Å². The van der Waals surface area contributed by atoms with Gasteiger partial charge in [0, 0.05) is 12.1 Å². The molecule has 0 unspecified atom stereocenters. The lowest BCUT2D eigenvalue weighted by molar-refractivity contribution is -0.149. The summed E-state index contributed by atoms with van der Waals surface area (Å²) < 4.78 is 5.32. The highest BCUT2D eigenvalue weighted by Crippen LogP contribution is 2.19. The van der Waals surface area contributed by atoms with Crippen LogP contribution in [-0.2, 0) is 30.5 Å². The van der Waals surface area contributed by atoms with Crippen LogP contribution in [0, 0.1) is 0 Å². The van der Waals surface area contributed by atoms with Gasteiger partial charge in [0.25, 0.3) is 0 Å². The van der Waals surface area contributed by atoms with Gasteiger partial charge in [-0.05, 0) is 37.0 Å². The smallest absolute Gasteiger partial charge is 0.326 e. The quantitative estimate of drug-likeness (QED) is 0.436. The highest BCUT2D eigenvalue weighted by molar-refractivity contribution is 6.03. The fourth-order valence-electron chi connectivity index (χ4n) is 3.78. The molecule has 34 heavy (non-hydrogen) atoms. The molecule has 0 aliphatic carbocycles. The van der Waals surface area contributed by atoms with Crippen LogP contribution in [0.5, 0.6) is 0 Å². The number of hydrogen-bond acceptors (Lipinski definition) is 5. The number of nitrogens with one attached hydrogen (secondary N) is 1. The summed E-state index contributed by atoms with van der Waals surface area (Å²) in [6.07, 6.45) is 2.27. The molecule has 178 valence electrons. The molecule has 1 aliphatic heterocycles. The second-order valence-electron chi connectivity index (χ2n) is 8.13. The van der Waals surface area contributed by atoms with Crippen molar-refractivity contribution in [1.29, 1.82) is 0 Å². The maximum Gasteiger partial charge on any atom is 0.326 e. The summed E-state index contributed by atoms with van der Waals surface area (Å²) in [7, 11) is 0. The van der Waals surface area contributed by atoms with Crippen LogP contribution in [0.4, 0.5) is 0 Å². The number of benzene rings is 2. The molecule has 0 radical (unpaired) electrons. The zero-order valence-electron chi connectivity index (χ0n) is 19.0. The number of carbonyl (C=O) groups excluding carboxylic acids is 3. The van der Waals surface area contributed by atoms with E-state index in [2.05, 4.69) is 5.32 Å². The van der Waals surface area contributed by atoms with Crippen molar-refractivity contribution >= 4 is 29.8 Å². The fraction of sp³-hybridized carbons (Fsp3) is 0.308. The summed E-state index contributed by atoms with van der Waals surface area (Å²) in [4.78, 5) is 51.0. The number of carboxylic acids is 1. The Hall–Kier alpha value is -3.94. The Balaban J connectivity index is 1.69. The predicted octanol–water partition coefficient (Wildman–Crippen LogP) is 2.78. The summed E-state index contributed by atoms with van der Waals surface area (Å²) >= 11 is 0. The number of nitrogens with zero attached hydrogens (tertiary/aromatic N) is 1. The predicted molar refractivity (Wildman–Crippen MR) is 125 cm³/mol. The number of hydrogen-bond donors (Lipinski definition) is 2. The van der Waals surface area contributed by atoms with Gasteiger partial charge in [-0.1, -0.05) is 60.7 Å². The molecule has 2 aromatic carbocycles. The van der Waals surface area contributed by atoms with E-state index in [9.17, 15) is 24.3 Å². The second-order valence-corrected chi connectivity index (χ2v) is 8.13. The number of likely N-dealkylation sites (tertiary alicyclic amines) is 1. The SMILES string of the molecule is C[C@H](NC(=O)C(=Cc1ccccc1)CC(=O)OCc1ccccc1)C(=O)N1CCC[C@H]1C(=O)O. The first-order valence-corrected chi connectivity index (χ1v) is 11.1. The molecule has 2 amide bonds. The number of carboxylic acid groups (broad SMARTS) is 1. The zero-order chi connectivity index (χ0) is 24.5. The van der Waals surface area contributed by atoms with Crippen LogP contribution in [0.15, 0.2) is 66.2 Å². The summed E-state index contributed by atoms with van der Waals surface area (Å²) in [5.41, 5.74) is 1.68. The van der Waals surface area contributed by atoms with Crippen LogP contribution < -0.4 is 5.32 Å². The van der Waals surface area contributed by atoms with E-state index in [0.717, 1.165) is 5.56 Å². The molecule has 0 spiro atoms. The lowest BCUT2D eigenvalue weighted by Crippen LogP contribution is -2.50. The first-order valence-electron chi connectivity index (χ1n) is 11.1. The highest BCUT2D eigenvalue weighted by Gasteiger charge is 2.36. The third-order valence-electron chi connectivity index (χ3n) is 5.55. The zero-order valence-corrected chi connectivity index (χ0v) is 19.0. The topological polar surface area (TPSA) is 113 Å². The largest absolute Gasteiger partial charge is 0.480 e. The Labute approximate surface area is 198 Å². The number of amides is 2. The molecule has 0 bridgehead atoms. The Bertz CT molecular complexity index is 1050. The monoisotopic (exact) mass is 464 g/mol. The summed E-state index contributed by atoms with van der Waals surface area (Å²) in [6, 6.07) is 16.4. The Kier molecular flexibility index (Phi) is 8.56. The average molecular weight is 465 g/mol. The standard InChI is InChI=1S/C26H28N2O6/c1-18(25(31)28-14-8-13-22(28)26(32)33)27-24(30)21(15-19-9-4-2-5-10-19)16-23(29)34-17-20-11-6-3-7-12-20/h2-7,9-12,15,18,22H,8,13-14,16-17H2,1H3,(H,27,30)(H,32,33)/t18-,22-/m0/s1. The summed E-state index contributed by atoms with van der Waals surface area (Å²) in [6.45, 7) is 1.92. The van der Waals surface area contributed by atoms with Gasteiger partial charge in [0.1, 0.15) is 18.7 Å². The first-order chi connectivity index (χ1) is 16.3. The number of carbonyl (C=O) groups is 4. The van der Waals surface area contributed by atoms with Gasteiger partial charge >= 0.3 is 11.9 Å². The summed E-state index contributed by atoms with van der Waals surface area (Å²) in [5.74, 6) is -2.70. The summed E-state index contributed by atoms with van der Waals surface area (Å²) in [5, 5.41) is 12.0. The molecule has 1 heterocycles. The minimum absolute atomic E-state index is 0.0837. The van der Waals surface area contributed by atoms with E-state index in [4.69, 9.17) is 4.74 Å². The van der Waals surface area contributed by atoms with E-state index >= 15 is 0 Å². The van der Waals surface area contributed by atoms with E-state index in [0.29, 0.717) is 24.9 Å². The molecule has 8 heteroatoms. The molecular weight excluding hydrogens is 436 g/mol. The molecule has 1 fully saturated rings. The van der Waals surface area contributed by atoms with E-state index in [-0.39, 0.29) is 18.6 Å². The van der Waals surface area contributed by atoms with E-state index in [1.165, 1.54) is 11.8 Å². The Morgan fingerprint density at radius 1 is 1.09 bits per heavy atom. The lowest BCUT2D eigenvalue weighted by atomic mass is 10.1. The van der Waals surface area contributed by atoms with E-state index in [1.54, 1.807) is 30.3 Å². The second kappa shape index (κ2) is 11.8. The molecule has 2 aromatic rings. The maximum atomic E-state index is 13.0. The van der Waals surface area contributed by atoms with Crippen LogP contribution in [0.1, 0.15) is 37.3 Å². The van der Waals surface area contributed by atoms with Crippen LogP contribution in [-0.4, -0.2) is 52.4 Å². The van der Waals surface area contributed by atoms with Gasteiger partial charge in [-0.15, -0.1) is 0 Å². The van der Waals surface area contributed by atoms with E-state index < -0.39 is 35.8 Å². The number of rotatable bonds is 9. The van der Waals surface area contributed by atoms with Gasteiger partial charge in [0.15, 0.2) is 0 Å². The third-order valence-corrected chi connectivity index (χ3v) is 5.55. The lowest BCUT2D eigenvalue weighted by Gasteiger charge is -2.25. The van der Waals surface area contributed by atoms with Crippen LogP contribution >= 0.6 is 0 Å². The van der Waals surface area contributed by atoms with Gasteiger partial charge in [-0.3, -0.25) is 14.4 Å². The van der Waals surface area contributed by atoms with Crippen LogP contribution in [0.2, 0.25) is 0 Å². The minimum atomic E-state index is -1.06. The first kappa shape index (κ1) is 24.7. The molecule has 0 saturated carbocycles. The normalized spacial score (nSPS) is 16.6. The van der Waals surface area contributed by atoms with Crippen LogP contribution in [0.25, 0.3) is 6.08 Å². The van der Waals surface area contributed by atoms with Gasteiger partial charge in [0.05, 0.1) is 6.42 Å². The Morgan fingerprint density at radius 3 is 2.38 bits per heavy atom. The van der Waals surface area contributed by atoms with Crippen molar-refractivity contribution in [1.82, 2.24) is 10.2 Å². The maximum absolute atomic E-state index is 13.0. The van der Waals surface area contributed by atoms with Crippen molar-refractivity contribution in [3.05, 3.63) is 77.4 Å².